The highest BCUT2D eigenvalue weighted by Gasteiger charge is 2.42. The molecule has 1 heterocycles. The number of aryl methyl sites for hydroxylation is 2. The minimum absolute atomic E-state index is 0.104. The first-order valence-corrected chi connectivity index (χ1v) is 10.9. The molecule has 0 aliphatic carbocycles. The molecule has 0 aromatic heterocycles. The number of anilines is 2. The van der Waals surface area contributed by atoms with Crippen molar-refractivity contribution < 1.29 is 17.9 Å². The molecule has 3 aromatic carbocycles. The number of fused-ring (bicyclic) bond motifs is 1. The second kappa shape index (κ2) is 7.50. The molecule has 0 saturated carbocycles. The molecule has 1 aliphatic heterocycles. The summed E-state index contributed by atoms with van der Waals surface area (Å²) in [5, 5.41) is 0. The number of carbonyl (C=O) groups is 1. The molecule has 1 aliphatic rings. The summed E-state index contributed by atoms with van der Waals surface area (Å²) in [5.74, 6) is 0.670. The molecule has 0 spiro atoms. The highest BCUT2D eigenvalue weighted by molar-refractivity contribution is 7.94. The Labute approximate surface area is 176 Å². The molecule has 2 amide bonds. The van der Waals surface area contributed by atoms with Crippen LogP contribution in [0, 0.1) is 13.8 Å². The maximum absolute atomic E-state index is 13.5. The summed E-state index contributed by atoms with van der Waals surface area (Å²) in [6.07, 6.45) is 0. The molecule has 0 radical (unpaired) electrons. The first kappa shape index (κ1) is 20.0. The fourth-order valence-electron chi connectivity index (χ4n) is 3.68. The number of hydrogen-bond donors (Lipinski definition) is 0. The lowest BCUT2D eigenvalue weighted by Crippen LogP contribution is -2.51. The Kier molecular flexibility index (Phi) is 4.99. The Balaban J connectivity index is 1.87. The first-order chi connectivity index (χ1) is 14.3. The lowest BCUT2D eigenvalue weighted by Gasteiger charge is -2.36. The van der Waals surface area contributed by atoms with Crippen LogP contribution in [0.4, 0.5) is 16.2 Å². The molecule has 0 N–H and O–H groups in total. The number of hydrogen-bond acceptors (Lipinski definition) is 4. The lowest BCUT2D eigenvalue weighted by molar-refractivity contribution is 0.253. The van der Waals surface area contributed by atoms with Gasteiger partial charge >= 0.3 is 6.03 Å². The summed E-state index contributed by atoms with van der Waals surface area (Å²) in [7, 11) is -2.46. The van der Waals surface area contributed by atoms with Crippen LogP contribution in [-0.2, 0) is 16.6 Å². The van der Waals surface area contributed by atoms with Gasteiger partial charge in [-0.05, 0) is 55.3 Å². The fourth-order valence-corrected chi connectivity index (χ4v) is 5.34. The number of urea groups is 1. The average molecular weight is 423 g/mol. The topological polar surface area (TPSA) is 66.9 Å². The zero-order valence-electron chi connectivity index (χ0n) is 17.0. The Bertz CT molecular complexity index is 1240. The number of rotatable bonds is 4. The van der Waals surface area contributed by atoms with Crippen molar-refractivity contribution >= 4 is 27.4 Å². The van der Waals surface area contributed by atoms with Crippen molar-refractivity contribution in [1.29, 1.82) is 0 Å². The normalized spacial score (nSPS) is 15.1. The first-order valence-electron chi connectivity index (χ1n) is 9.49. The third-order valence-corrected chi connectivity index (χ3v) is 6.86. The Morgan fingerprint density at radius 3 is 2.40 bits per heavy atom. The summed E-state index contributed by atoms with van der Waals surface area (Å²) in [6, 6.07) is 18.7. The third-order valence-electron chi connectivity index (χ3n) is 5.12. The average Bonchev–Trinajstić information content (AvgIpc) is 2.73. The van der Waals surface area contributed by atoms with Gasteiger partial charge in [-0.15, -0.1) is 0 Å². The van der Waals surface area contributed by atoms with Crippen LogP contribution in [0.5, 0.6) is 5.75 Å². The molecule has 7 heteroatoms. The zero-order valence-corrected chi connectivity index (χ0v) is 17.8. The molecule has 0 bridgehead atoms. The number of nitrogens with zero attached hydrogens (tertiary/aromatic N) is 2. The molecule has 3 aromatic rings. The Hall–Kier alpha value is -3.32. The Morgan fingerprint density at radius 1 is 0.900 bits per heavy atom. The molecular weight excluding hydrogens is 400 g/mol. The van der Waals surface area contributed by atoms with Crippen molar-refractivity contribution in [3.05, 3.63) is 83.4 Å². The van der Waals surface area contributed by atoms with E-state index >= 15 is 0 Å². The second-order valence-electron chi connectivity index (χ2n) is 7.25. The molecular formula is C23H22N2O4S. The van der Waals surface area contributed by atoms with Crippen molar-refractivity contribution in [2.24, 2.45) is 0 Å². The largest absolute Gasteiger partial charge is 0.497 e. The molecule has 4 rings (SSSR count). The van der Waals surface area contributed by atoms with E-state index in [9.17, 15) is 13.2 Å². The van der Waals surface area contributed by atoms with Crippen LogP contribution in [0.2, 0.25) is 0 Å². The van der Waals surface area contributed by atoms with E-state index in [1.165, 1.54) is 11.0 Å². The lowest BCUT2D eigenvalue weighted by atomic mass is 10.1. The number of methoxy groups -OCH3 is 1. The predicted octanol–water partition coefficient (Wildman–Crippen LogP) is 4.65. The van der Waals surface area contributed by atoms with Crippen molar-refractivity contribution in [2.75, 3.05) is 16.3 Å². The number of para-hydroxylation sites is 1. The van der Waals surface area contributed by atoms with Gasteiger partial charge in [-0.3, -0.25) is 4.90 Å². The van der Waals surface area contributed by atoms with Crippen molar-refractivity contribution in [3.63, 3.8) is 0 Å². The fraction of sp³-hybridized carbons (Fsp3) is 0.174. The van der Waals surface area contributed by atoms with Crippen LogP contribution in [0.1, 0.15) is 16.7 Å². The van der Waals surface area contributed by atoms with E-state index in [4.69, 9.17) is 4.74 Å². The standard InChI is InChI=1S/C23H22N2O4S/c1-16-11-12-20(17(2)13-16)25-23(26)24(15-18-7-6-8-19(14-18)29-3)21-9-4-5-10-22(21)30(25,27)28/h4-14H,15H2,1-3H3. The van der Waals surface area contributed by atoms with Gasteiger partial charge in [0.05, 0.1) is 25.0 Å². The smallest absolute Gasteiger partial charge is 0.343 e. The number of ether oxygens (including phenoxy) is 1. The molecule has 0 saturated heterocycles. The van der Waals surface area contributed by atoms with Crippen molar-refractivity contribution in [2.45, 2.75) is 25.3 Å². The summed E-state index contributed by atoms with van der Waals surface area (Å²) in [6.45, 7) is 3.94. The van der Waals surface area contributed by atoms with Crippen LogP contribution < -0.4 is 13.9 Å². The maximum atomic E-state index is 13.5. The number of carbonyl (C=O) groups excluding carboxylic acids is 1. The van der Waals surface area contributed by atoms with Gasteiger partial charge in [0.15, 0.2) is 0 Å². The van der Waals surface area contributed by atoms with Crippen LogP contribution in [0.3, 0.4) is 0 Å². The van der Waals surface area contributed by atoms with Crippen LogP contribution in [0.25, 0.3) is 0 Å². The van der Waals surface area contributed by atoms with Gasteiger partial charge in [0, 0.05) is 0 Å². The Morgan fingerprint density at radius 2 is 1.67 bits per heavy atom. The van der Waals surface area contributed by atoms with Crippen molar-refractivity contribution in [3.8, 4) is 5.75 Å². The van der Waals surface area contributed by atoms with Gasteiger partial charge in [-0.25, -0.2) is 13.2 Å². The number of amides is 2. The third kappa shape index (κ3) is 3.31. The van der Waals surface area contributed by atoms with Gasteiger partial charge in [-0.1, -0.05) is 42.0 Å². The minimum atomic E-state index is -4.04. The van der Waals surface area contributed by atoms with E-state index < -0.39 is 16.1 Å². The van der Waals surface area contributed by atoms with E-state index in [0.29, 0.717) is 22.7 Å². The number of benzene rings is 3. The minimum Gasteiger partial charge on any atom is -0.497 e. The van der Waals surface area contributed by atoms with Gasteiger partial charge in [-0.2, -0.15) is 4.31 Å². The predicted molar refractivity (Wildman–Crippen MR) is 117 cm³/mol. The molecule has 0 fully saturated rings. The summed E-state index contributed by atoms with van der Waals surface area (Å²) in [5.41, 5.74) is 3.26. The van der Waals surface area contributed by atoms with Crippen LogP contribution in [-0.4, -0.2) is 21.6 Å². The van der Waals surface area contributed by atoms with E-state index in [0.717, 1.165) is 15.4 Å². The van der Waals surface area contributed by atoms with Gasteiger partial charge in [0.2, 0.25) is 0 Å². The van der Waals surface area contributed by atoms with Crippen LogP contribution in [0.15, 0.2) is 71.6 Å². The monoisotopic (exact) mass is 422 g/mol. The molecule has 6 nitrogen and oxygen atoms in total. The van der Waals surface area contributed by atoms with Crippen LogP contribution >= 0.6 is 0 Å². The summed E-state index contributed by atoms with van der Waals surface area (Å²) in [4.78, 5) is 15.1. The summed E-state index contributed by atoms with van der Waals surface area (Å²) < 4.78 is 33.0. The molecule has 0 unspecified atom stereocenters. The van der Waals surface area contributed by atoms with Gasteiger partial charge in [0.25, 0.3) is 10.0 Å². The highest BCUT2D eigenvalue weighted by atomic mass is 32.2. The van der Waals surface area contributed by atoms with Gasteiger partial charge < -0.3 is 4.74 Å². The van der Waals surface area contributed by atoms with Crippen molar-refractivity contribution in [1.82, 2.24) is 0 Å². The quantitative estimate of drug-likeness (QED) is 0.614. The van der Waals surface area contributed by atoms with E-state index in [2.05, 4.69) is 0 Å². The SMILES string of the molecule is COc1cccc(CN2C(=O)N(c3ccc(C)cc3C)S(=O)(=O)c3ccccc32)c1. The van der Waals surface area contributed by atoms with E-state index in [1.807, 2.05) is 37.3 Å². The second-order valence-corrected chi connectivity index (χ2v) is 9.00. The molecule has 154 valence electrons. The summed E-state index contributed by atoms with van der Waals surface area (Å²) >= 11 is 0. The van der Waals surface area contributed by atoms with Gasteiger partial charge in [0.1, 0.15) is 10.6 Å². The maximum Gasteiger partial charge on any atom is 0.343 e. The molecule has 0 atom stereocenters. The molecule has 30 heavy (non-hydrogen) atoms. The highest BCUT2D eigenvalue weighted by Crippen LogP contribution is 2.39. The number of sulfonamides is 1. The zero-order chi connectivity index (χ0) is 21.5. The van der Waals surface area contributed by atoms with E-state index in [-0.39, 0.29) is 11.4 Å². The van der Waals surface area contributed by atoms with E-state index in [1.54, 1.807) is 44.4 Å².